The average Bonchev–Trinajstić information content (AvgIpc) is 3.10. The van der Waals surface area contributed by atoms with Crippen LogP contribution in [0.25, 0.3) is 0 Å². The highest BCUT2D eigenvalue weighted by Gasteiger charge is 2.21. The zero-order valence-corrected chi connectivity index (χ0v) is 14.8. The van der Waals surface area contributed by atoms with Crippen molar-refractivity contribution in [1.82, 2.24) is 15.1 Å². The van der Waals surface area contributed by atoms with Crippen molar-refractivity contribution in [2.75, 3.05) is 18.4 Å². The average molecular weight is 348 g/mol. The Morgan fingerprint density at radius 2 is 1.69 bits per heavy atom. The van der Waals surface area contributed by atoms with Gasteiger partial charge in [0.15, 0.2) is 0 Å². The molecule has 0 spiro atoms. The number of nitrogens with zero attached hydrogens (tertiary/aromatic N) is 3. The molecular formula is C21H24N4O. The van der Waals surface area contributed by atoms with Gasteiger partial charge in [-0.1, -0.05) is 65.8 Å². The number of hydrogen-bond acceptors (Lipinski definition) is 5. The summed E-state index contributed by atoms with van der Waals surface area (Å²) in [4.78, 5) is 2.48. The summed E-state index contributed by atoms with van der Waals surface area (Å²) in [5.74, 6) is 0.649. The number of likely N-dealkylation sites (tertiary alicyclic amines) is 1. The number of benzene rings is 2. The Morgan fingerprint density at radius 3 is 2.46 bits per heavy atom. The van der Waals surface area contributed by atoms with Gasteiger partial charge in [0.25, 0.3) is 0 Å². The van der Waals surface area contributed by atoms with Crippen LogP contribution in [-0.2, 0) is 13.0 Å². The lowest BCUT2D eigenvalue weighted by atomic mass is 10.0. The van der Waals surface area contributed by atoms with Crippen molar-refractivity contribution in [1.29, 1.82) is 0 Å². The Hall–Kier alpha value is -2.66. The van der Waals surface area contributed by atoms with Crippen LogP contribution in [0.2, 0.25) is 0 Å². The van der Waals surface area contributed by atoms with Crippen molar-refractivity contribution in [2.45, 2.75) is 31.8 Å². The van der Waals surface area contributed by atoms with E-state index in [1.807, 2.05) is 18.2 Å². The fourth-order valence-corrected chi connectivity index (χ4v) is 3.49. The molecule has 2 aromatic carbocycles. The van der Waals surface area contributed by atoms with E-state index < -0.39 is 0 Å². The largest absolute Gasteiger partial charge is 0.408 e. The summed E-state index contributed by atoms with van der Waals surface area (Å²) in [7, 11) is 0. The molecule has 0 bridgehead atoms. The molecule has 1 aliphatic rings. The van der Waals surface area contributed by atoms with Crippen LogP contribution in [-0.4, -0.2) is 34.2 Å². The molecule has 134 valence electrons. The summed E-state index contributed by atoms with van der Waals surface area (Å²) in [6, 6.07) is 21.7. The van der Waals surface area contributed by atoms with Crippen molar-refractivity contribution in [3.05, 3.63) is 77.7 Å². The first-order valence-corrected chi connectivity index (χ1v) is 9.24. The van der Waals surface area contributed by atoms with Gasteiger partial charge in [-0.3, -0.25) is 4.90 Å². The molecule has 1 fully saturated rings. The highest BCUT2D eigenvalue weighted by molar-refractivity contribution is 5.23. The second-order valence-electron chi connectivity index (χ2n) is 6.87. The number of nitrogens with one attached hydrogen (secondary N) is 1. The van der Waals surface area contributed by atoms with E-state index in [9.17, 15) is 0 Å². The van der Waals surface area contributed by atoms with Gasteiger partial charge < -0.3 is 9.73 Å². The molecule has 1 aromatic heterocycles. The second kappa shape index (κ2) is 8.15. The van der Waals surface area contributed by atoms with E-state index in [1.54, 1.807) is 0 Å². The Balaban J connectivity index is 1.32. The molecule has 1 saturated heterocycles. The van der Waals surface area contributed by atoms with Crippen LogP contribution in [0.3, 0.4) is 0 Å². The van der Waals surface area contributed by atoms with Gasteiger partial charge in [0, 0.05) is 19.1 Å². The SMILES string of the molecule is c1ccc(Cc2nnc(NC3CCCN(Cc4ccccc4)C3)o2)cc1. The summed E-state index contributed by atoms with van der Waals surface area (Å²) < 4.78 is 5.79. The summed E-state index contributed by atoms with van der Waals surface area (Å²) in [5, 5.41) is 11.8. The zero-order chi connectivity index (χ0) is 17.6. The second-order valence-corrected chi connectivity index (χ2v) is 6.87. The molecule has 1 N–H and O–H groups in total. The summed E-state index contributed by atoms with van der Waals surface area (Å²) in [6.07, 6.45) is 2.97. The Labute approximate surface area is 154 Å². The van der Waals surface area contributed by atoms with E-state index in [0.717, 1.165) is 26.1 Å². The maximum Gasteiger partial charge on any atom is 0.315 e. The number of hydrogen-bond donors (Lipinski definition) is 1. The van der Waals surface area contributed by atoms with Gasteiger partial charge in [-0.2, -0.15) is 0 Å². The molecule has 5 heteroatoms. The van der Waals surface area contributed by atoms with E-state index >= 15 is 0 Å². The van der Waals surface area contributed by atoms with Crippen molar-refractivity contribution >= 4 is 6.01 Å². The van der Waals surface area contributed by atoms with Gasteiger partial charge in [-0.15, -0.1) is 5.10 Å². The molecule has 0 saturated carbocycles. The molecule has 0 radical (unpaired) electrons. The normalized spacial score (nSPS) is 17.9. The molecule has 1 unspecified atom stereocenters. The van der Waals surface area contributed by atoms with Crippen LogP contribution in [0, 0.1) is 0 Å². The predicted octanol–water partition coefficient (Wildman–Crippen LogP) is 3.74. The van der Waals surface area contributed by atoms with E-state index in [1.165, 1.54) is 17.5 Å². The molecule has 0 amide bonds. The van der Waals surface area contributed by atoms with E-state index in [4.69, 9.17) is 4.42 Å². The van der Waals surface area contributed by atoms with E-state index in [-0.39, 0.29) is 0 Å². The minimum Gasteiger partial charge on any atom is -0.408 e. The van der Waals surface area contributed by atoms with Crippen molar-refractivity contribution < 1.29 is 4.42 Å². The van der Waals surface area contributed by atoms with E-state index in [0.29, 0.717) is 24.4 Å². The maximum absolute atomic E-state index is 5.79. The third kappa shape index (κ3) is 4.49. The molecular weight excluding hydrogens is 324 g/mol. The van der Waals surface area contributed by atoms with Gasteiger partial charge in [0.05, 0.1) is 6.42 Å². The molecule has 1 aliphatic heterocycles. The van der Waals surface area contributed by atoms with Crippen molar-refractivity contribution in [2.24, 2.45) is 0 Å². The molecule has 1 atom stereocenters. The summed E-state index contributed by atoms with van der Waals surface area (Å²) >= 11 is 0. The van der Waals surface area contributed by atoms with Crippen LogP contribution in [0.15, 0.2) is 65.1 Å². The van der Waals surface area contributed by atoms with Gasteiger partial charge in [-0.25, -0.2) is 0 Å². The molecule has 0 aliphatic carbocycles. The zero-order valence-electron chi connectivity index (χ0n) is 14.8. The molecule has 3 aromatic rings. The fourth-order valence-electron chi connectivity index (χ4n) is 3.49. The van der Waals surface area contributed by atoms with Crippen LogP contribution >= 0.6 is 0 Å². The topological polar surface area (TPSA) is 54.2 Å². The van der Waals surface area contributed by atoms with Gasteiger partial charge in [-0.05, 0) is 30.5 Å². The van der Waals surface area contributed by atoms with Gasteiger partial charge in [0.1, 0.15) is 0 Å². The van der Waals surface area contributed by atoms with Gasteiger partial charge in [0.2, 0.25) is 5.89 Å². The predicted molar refractivity (Wildman–Crippen MR) is 102 cm³/mol. The Morgan fingerprint density at radius 1 is 0.962 bits per heavy atom. The van der Waals surface area contributed by atoms with Gasteiger partial charge >= 0.3 is 6.01 Å². The maximum atomic E-state index is 5.79. The highest BCUT2D eigenvalue weighted by atomic mass is 16.4. The Kier molecular flexibility index (Phi) is 5.26. The van der Waals surface area contributed by atoms with Crippen LogP contribution in [0.4, 0.5) is 6.01 Å². The van der Waals surface area contributed by atoms with Crippen LogP contribution in [0.1, 0.15) is 29.9 Å². The first-order chi connectivity index (χ1) is 12.8. The first kappa shape index (κ1) is 16.8. The third-order valence-corrected chi connectivity index (χ3v) is 4.75. The lowest BCUT2D eigenvalue weighted by molar-refractivity contribution is 0.207. The third-order valence-electron chi connectivity index (χ3n) is 4.75. The number of aromatic nitrogens is 2. The molecule has 5 nitrogen and oxygen atoms in total. The number of anilines is 1. The number of piperidine rings is 1. The standard InChI is InChI=1S/C21H24N4O/c1-3-8-17(9-4-1)14-20-23-24-21(26-20)22-19-12-7-13-25(16-19)15-18-10-5-2-6-11-18/h1-6,8-11,19H,7,12-16H2,(H,22,24). The smallest absolute Gasteiger partial charge is 0.315 e. The van der Waals surface area contributed by atoms with Crippen molar-refractivity contribution in [3.63, 3.8) is 0 Å². The monoisotopic (exact) mass is 348 g/mol. The number of rotatable bonds is 6. The summed E-state index contributed by atoms with van der Waals surface area (Å²) in [6.45, 7) is 3.11. The van der Waals surface area contributed by atoms with E-state index in [2.05, 4.69) is 62.9 Å². The lowest BCUT2D eigenvalue weighted by Crippen LogP contribution is -2.41. The van der Waals surface area contributed by atoms with Crippen LogP contribution in [0.5, 0.6) is 0 Å². The molecule has 4 rings (SSSR count). The Bertz CT molecular complexity index is 803. The quantitative estimate of drug-likeness (QED) is 0.735. The first-order valence-electron chi connectivity index (χ1n) is 9.24. The minimum absolute atomic E-state index is 0.345. The lowest BCUT2D eigenvalue weighted by Gasteiger charge is -2.32. The fraction of sp³-hybridized carbons (Fsp3) is 0.333. The highest BCUT2D eigenvalue weighted by Crippen LogP contribution is 2.18. The molecule has 26 heavy (non-hydrogen) atoms. The summed E-state index contributed by atoms with van der Waals surface area (Å²) in [5.41, 5.74) is 2.53. The van der Waals surface area contributed by atoms with Crippen LogP contribution < -0.4 is 5.32 Å². The van der Waals surface area contributed by atoms with Crippen molar-refractivity contribution in [3.8, 4) is 0 Å². The molecule has 2 heterocycles. The minimum atomic E-state index is 0.345.